The molecule has 0 bridgehead atoms. The van der Waals surface area contributed by atoms with E-state index in [9.17, 15) is 0 Å². The van der Waals surface area contributed by atoms with Gasteiger partial charge in [0.25, 0.3) is 0 Å². The predicted octanol–water partition coefficient (Wildman–Crippen LogP) is 2.67. The highest BCUT2D eigenvalue weighted by Gasteiger charge is 1.83. The summed E-state index contributed by atoms with van der Waals surface area (Å²) in [5.74, 6) is 0. The Morgan fingerprint density at radius 1 is 1.27 bits per heavy atom. The van der Waals surface area contributed by atoms with Crippen molar-refractivity contribution in [2.75, 3.05) is 11.9 Å². The normalized spacial score (nSPS) is 10.3. The summed E-state index contributed by atoms with van der Waals surface area (Å²) in [5.41, 5.74) is 1.17. The second-order valence-electron chi connectivity index (χ2n) is 2.32. The van der Waals surface area contributed by atoms with Crippen LogP contribution in [0.4, 0.5) is 5.69 Å². The van der Waals surface area contributed by atoms with Crippen molar-refractivity contribution in [3.05, 3.63) is 42.5 Å². The van der Waals surface area contributed by atoms with Crippen molar-refractivity contribution in [1.82, 2.24) is 0 Å². The molecule has 1 aromatic rings. The fraction of sp³-hybridized carbons (Fsp3) is 0.200. The molecular formula is C10H13N. The Bertz CT molecular complexity index is 214. The largest absolute Gasteiger partial charge is 0.382 e. The zero-order valence-electron chi connectivity index (χ0n) is 6.75. The standard InChI is InChI=1S/C10H13N/c1-2-3-9-11-10-7-5-4-6-8-10/h2-8,11H,9H2,1H3/b3-2+. The number of nitrogens with one attached hydrogen (secondary N) is 1. The van der Waals surface area contributed by atoms with E-state index in [1.807, 2.05) is 31.2 Å². The maximum Gasteiger partial charge on any atom is 0.0342 e. The molecule has 0 aromatic heterocycles. The number of hydrogen-bond donors (Lipinski definition) is 1. The second kappa shape index (κ2) is 4.56. The summed E-state index contributed by atoms with van der Waals surface area (Å²) in [6, 6.07) is 10.2. The number of benzene rings is 1. The highest BCUT2D eigenvalue weighted by atomic mass is 14.8. The van der Waals surface area contributed by atoms with Crippen LogP contribution in [0.3, 0.4) is 0 Å². The van der Waals surface area contributed by atoms with Gasteiger partial charge in [0.15, 0.2) is 0 Å². The number of rotatable bonds is 3. The number of allylic oxidation sites excluding steroid dienone is 1. The molecule has 0 aliphatic carbocycles. The van der Waals surface area contributed by atoms with Crippen LogP contribution in [0.5, 0.6) is 0 Å². The molecule has 11 heavy (non-hydrogen) atoms. The quantitative estimate of drug-likeness (QED) is 0.648. The lowest BCUT2D eigenvalue weighted by Gasteiger charge is -2.00. The third-order valence-corrected chi connectivity index (χ3v) is 1.43. The number of para-hydroxylation sites is 1. The van der Waals surface area contributed by atoms with Crippen LogP contribution in [0.15, 0.2) is 42.5 Å². The molecule has 0 atom stereocenters. The van der Waals surface area contributed by atoms with E-state index < -0.39 is 0 Å². The lowest BCUT2D eigenvalue weighted by atomic mass is 10.3. The fourth-order valence-corrected chi connectivity index (χ4v) is 0.851. The maximum absolute atomic E-state index is 3.26. The molecule has 0 amide bonds. The topological polar surface area (TPSA) is 12.0 Å². The van der Waals surface area contributed by atoms with Crippen molar-refractivity contribution in [3.8, 4) is 0 Å². The monoisotopic (exact) mass is 147 g/mol. The van der Waals surface area contributed by atoms with Crippen LogP contribution in [0.1, 0.15) is 6.92 Å². The summed E-state index contributed by atoms with van der Waals surface area (Å²) < 4.78 is 0. The molecule has 58 valence electrons. The fourth-order valence-electron chi connectivity index (χ4n) is 0.851. The molecule has 0 spiro atoms. The molecule has 0 fully saturated rings. The molecule has 1 N–H and O–H groups in total. The highest BCUT2D eigenvalue weighted by molar-refractivity contribution is 5.42. The van der Waals surface area contributed by atoms with E-state index in [1.54, 1.807) is 0 Å². The Morgan fingerprint density at radius 2 is 2.00 bits per heavy atom. The van der Waals surface area contributed by atoms with Gasteiger partial charge in [0, 0.05) is 12.2 Å². The molecule has 0 saturated heterocycles. The first-order valence-electron chi connectivity index (χ1n) is 3.83. The molecule has 1 heteroatoms. The van der Waals surface area contributed by atoms with E-state index >= 15 is 0 Å². The molecule has 1 aromatic carbocycles. The van der Waals surface area contributed by atoms with E-state index in [4.69, 9.17) is 0 Å². The van der Waals surface area contributed by atoms with Crippen LogP contribution in [-0.2, 0) is 0 Å². The van der Waals surface area contributed by atoms with Crippen LogP contribution >= 0.6 is 0 Å². The van der Waals surface area contributed by atoms with Gasteiger partial charge in [-0.25, -0.2) is 0 Å². The van der Waals surface area contributed by atoms with Gasteiger partial charge >= 0.3 is 0 Å². The van der Waals surface area contributed by atoms with Crippen molar-refractivity contribution in [2.24, 2.45) is 0 Å². The van der Waals surface area contributed by atoms with Crippen LogP contribution in [-0.4, -0.2) is 6.54 Å². The van der Waals surface area contributed by atoms with Gasteiger partial charge in [-0.3, -0.25) is 0 Å². The Kier molecular flexibility index (Phi) is 3.26. The van der Waals surface area contributed by atoms with Gasteiger partial charge in [-0.15, -0.1) is 0 Å². The summed E-state index contributed by atoms with van der Waals surface area (Å²) in [6.07, 6.45) is 4.13. The molecule has 0 saturated carbocycles. The van der Waals surface area contributed by atoms with Gasteiger partial charge in [0.1, 0.15) is 0 Å². The smallest absolute Gasteiger partial charge is 0.0342 e. The summed E-state index contributed by atoms with van der Waals surface area (Å²) in [5, 5.41) is 3.26. The van der Waals surface area contributed by atoms with Crippen LogP contribution < -0.4 is 5.32 Å². The molecule has 0 aliphatic heterocycles. The first-order valence-corrected chi connectivity index (χ1v) is 3.83. The Labute approximate surface area is 67.8 Å². The van der Waals surface area contributed by atoms with Gasteiger partial charge in [-0.2, -0.15) is 0 Å². The van der Waals surface area contributed by atoms with Crippen molar-refractivity contribution in [2.45, 2.75) is 6.92 Å². The zero-order chi connectivity index (χ0) is 7.94. The Balaban J connectivity index is 2.39. The minimum Gasteiger partial charge on any atom is -0.382 e. The van der Waals surface area contributed by atoms with Crippen molar-refractivity contribution in [3.63, 3.8) is 0 Å². The second-order valence-corrected chi connectivity index (χ2v) is 2.32. The predicted molar refractivity (Wildman–Crippen MR) is 49.7 cm³/mol. The van der Waals surface area contributed by atoms with E-state index in [0.29, 0.717) is 0 Å². The number of hydrogen-bond acceptors (Lipinski definition) is 1. The van der Waals surface area contributed by atoms with Gasteiger partial charge in [-0.05, 0) is 19.1 Å². The minimum absolute atomic E-state index is 0.903. The summed E-state index contributed by atoms with van der Waals surface area (Å²) >= 11 is 0. The van der Waals surface area contributed by atoms with Gasteiger partial charge in [-0.1, -0.05) is 30.4 Å². The van der Waals surface area contributed by atoms with Crippen molar-refractivity contribution in [1.29, 1.82) is 0 Å². The van der Waals surface area contributed by atoms with Crippen LogP contribution in [0, 0.1) is 0 Å². The van der Waals surface area contributed by atoms with E-state index in [2.05, 4.69) is 23.5 Å². The van der Waals surface area contributed by atoms with Crippen LogP contribution in [0.25, 0.3) is 0 Å². The molecule has 0 heterocycles. The molecule has 1 rings (SSSR count). The average Bonchev–Trinajstić information content (AvgIpc) is 2.07. The first-order chi connectivity index (χ1) is 5.43. The van der Waals surface area contributed by atoms with E-state index in [-0.39, 0.29) is 0 Å². The molecule has 1 nitrogen and oxygen atoms in total. The van der Waals surface area contributed by atoms with Crippen LogP contribution in [0.2, 0.25) is 0 Å². The zero-order valence-corrected chi connectivity index (χ0v) is 6.75. The van der Waals surface area contributed by atoms with E-state index in [1.165, 1.54) is 5.69 Å². The Morgan fingerprint density at radius 3 is 2.64 bits per heavy atom. The molecule has 0 radical (unpaired) electrons. The third-order valence-electron chi connectivity index (χ3n) is 1.43. The van der Waals surface area contributed by atoms with E-state index in [0.717, 1.165) is 6.54 Å². The lowest BCUT2D eigenvalue weighted by Crippen LogP contribution is -1.96. The van der Waals surface area contributed by atoms with Crippen molar-refractivity contribution >= 4 is 5.69 Å². The SMILES string of the molecule is C/C=C/CNc1ccccc1. The first kappa shape index (κ1) is 7.86. The number of anilines is 1. The molecule has 0 aliphatic rings. The summed E-state index contributed by atoms with van der Waals surface area (Å²) in [7, 11) is 0. The van der Waals surface area contributed by atoms with Gasteiger partial charge in [0.2, 0.25) is 0 Å². The molecular weight excluding hydrogens is 134 g/mol. The minimum atomic E-state index is 0.903. The lowest BCUT2D eigenvalue weighted by molar-refractivity contribution is 1.33. The average molecular weight is 147 g/mol. The summed E-state index contributed by atoms with van der Waals surface area (Å²) in [4.78, 5) is 0. The third kappa shape index (κ3) is 2.89. The van der Waals surface area contributed by atoms with Gasteiger partial charge < -0.3 is 5.32 Å². The maximum atomic E-state index is 3.26. The van der Waals surface area contributed by atoms with Gasteiger partial charge in [0.05, 0.1) is 0 Å². The van der Waals surface area contributed by atoms with Crippen molar-refractivity contribution < 1.29 is 0 Å². The highest BCUT2D eigenvalue weighted by Crippen LogP contribution is 2.03. The molecule has 0 unspecified atom stereocenters. The summed E-state index contributed by atoms with van der Waals surface area (Å²) in [6.45, 7) is 2.92. The Hall–Kier alpha value is -1.24.